The van der Waals surface area contributed by atoms with Crippen molar-refractivity contribution in [1.82, 2.24) is 4.90 Å². The van der Waals surface area contributed by atoms with E-state index in [1.807, 2.05) is 7.05 Å². The van der Waals surface area contributed by atoms with Gasteiger partial charge in [0.05, 0.1) is 18.6 Å². The van der Waals surface area contributed by atoms with E-state index in [1.165, 1.54) is 12.8 Å². The first-order valence-corrected chi connectivity index (χ1v) is 5.93. The molecule has 0 saturated heterocycles. The summed E-state index contributed by atoms with van der Waals surface area (Å²) in [6, 6.07) is 2.68. The van der Waals surface area contributed by atoms with Crippen molar-refractivity contribution in [2.45, 2.75) is 63.6 Å². The number of hydrogen-bond donors (Lipinski definition) is 1. The van der Waals surface area contributed by atoms with Crippen LogP contribution in [0, 0.1) is 11.3 Å². The predicted octanol–water partition coefficient (Wildman–Crippen LogP) is 1.91. The first kappa shape index (κ1) is 12.5. The molecule has 1 N–H and O–H groups in total. The normalized spacial score (nSPS) is 29.5. The second kappa shape index (κ2) is 6.09. The standard InChI is InChI=1S/C12H22N2O/c1-10(8-9-13)14(2)11-6-4-3-5-7-12(11)15/h10-12,15H,3-8H2,1-2H3. The fourth-order valence-electron chi connectivity index (χ4n) is 2.35. The molecule has 15 heavy (non-hydrogen) atoms. The molecule has 0 aromatic carbocycles. The molecule has 0 radical (unpaired) electrons. The highest BCUT2D eigenvalue weighted by Gasteiger charge is 2.27. The molecule has 1 aliphatic rings. The molecule has 0 aliphatic heterocycles. The summed E-state index contributed by atoms with van der Waals surface area (Å²) < 4.78 is 0. The molecule has 1 rings (SSSR count). The number of hydrogen-bond acceptors (Lipinski definition) is 3. The fraction of sp³-hybridized carbons (Fsp3) is 0.917. The highest BCUT2D eigenvalue weighted by molar-refractivity contribution is 4.86. The number of nitriles is 1. The largest absolute Gasteiger partial charge is 0.391 e. The zero-order chi connectivity index (χ0) is 11.3. The summed E-state index contributed by atoms with van der Waals surface area (Å²) in [5, 5.41) is 18.7. The van der Waals surface area contributed by atoms with Crippen molar-refractivity contribution < 1.29 is 5.11 Å². The van der Waals surface area contributed by atoms with Gasteiger partial charge >= 0.3 is 0 Å². The molecule has 0 spiro atoms. The maximum Gasteiger partial charge on any atom is 0.0695 e. The smallest absolute Gasteiger partial charge is 0.0695 e. The van der Waals surface area contributed by atoms with Crippen LogP contribution in [-0.2, 0) is 0 Å². The fourth-order valence-corrected chi connectivity index (χ4v) is 2.35. The van der Waals surface area contributed by atoms with Gasteiger partial charge in [0.15, 0.2) is 0 Å². The average Bonchev–Trinajstić information content (AvgIpc) is 2.42. The topological polar surface area (TPSA) is 47.3 Å². The van der Waals surface area contributed by atoms with Gasteiger partial charge in [0.1, 0.15) is 0 Å². The molecular weight excluding hydrogens is 188 g/mol. The number of rotatable bonds is 3. The van der Waals surface area contributed by atoms with Crippen molar-refractivity contribution >= 4 is 0 Å². The third-order valence-electron chi connectivity index (χ3n) is 3.55. The highest BCUT2D eigenvalue weighted by Crippen LogP contribution is 2.23. The molecule has 0 aromatic heterocycles. The van der Waals surface area contributed by atoms with Crippen LogP contribution in [0.15, 0.2) is 0 Å². The lowest BCUT2D eigenvalue weighted by Crippen LogP contribution is -2.45. The van der Waals surface area contributed by atoms with Gasteiger partial charge in [0.2, 0.25) is 0 Å². The van der Waals surface area contributed by atoms with Crippen LogP contribution in [0.2, 0.25) is 0 Å². The second-order valence-corrected chi connectivity index (χ2v) is 4.65. The molecule has 3 heteroatoms. The monoisotopic (exact) mass is 210 g/mol. The quantitative estimate of drug-likeness (QED) is 0.724. The lowest BCUT2D eigenvalue weighted by Gasteiger charge is -2.34. The van der Waals surface area contributed by atoms with Crippen LogP contribution >= 0.6 is 0 Å². The Bertz CT molecular complexity index is 224. The molecule has 3 unspecified atom stereocenters. The molecule has 0 amide bonds. The van der Waals surface area contributed by atoms with Crippen LogP contribution in [0.5, 0.6) is 0 Å². The van der Waals surface area contributed by atoms with E-state index < -0.39 is 0 Å². The summed E-state index contributed by atoms with van der Waals surface area (Å²) in [6.07, 6.45) is 5.87. The summed E-state index contributed by atoms with van der Waals surface area (Å²) in [5.41, 5.74) is 0. The third kappa shape index (κ3) is 3.48. The molecule has 1 fully saturated rings. The molecule has 3 atom stereocenters. The van der Waals surface area contributed by atoms with Crippen LogP contribution < -0.4 is 0 Å². The van der Waals surface area contributed by atoms with E-state index in [-0.39, 0.29) is 18.2 Å². The Morgan fingerprint density at radius 1 is 1.40 bits per heavy atom. The Labute approximate surface area is 92.7 Å². The van der Waals surface area contributed by atoms with E-state index >= 15 is 0 Å². The summed E-state index contributed by atoms with van der Waals surface area (Å²) in [7, 11) is 2.03. The van der Waals surface area contributed by atoms with E-state index in [0.29, 0.717) is 6.42 Å². The van der Waals surface area contributed by atoms with E-state index in [4.69, 9.17) is 5.26 Å². The van der Waals surface area contributed by atoms with Gasteiger partial charge in [-0.2, -0.15) is 5.26 Å². The minimum atomic E-state index is -0.210. The lowest BCUT2D eigenvalue weighted by molar-refractivity contribution is 0.0405. The highest BCUT2D eigenvalue weighted by atomic mass is 16.3. The van der Waals surface area contributed by atoms with Crippen LogP contribution in [0.4, 0.5) is 0 Å². The van der Waals surface area contributed by atoms with Gasteiger partial charge in [-0.05, 0) is 26.8 Å². The number of nitrogens with zero attached hydrogens (tertiary/aromatic N) is 2. The average molecular weight is 210 g/mol. The molecular formula is C12H22N2O. The number of aliphatic hydroxyl groups excluding tert-OH is 1. The van der Waals surface area contributed by atoms with Crippen LogP contribution in [0.25, 0.3) is 0 Å². The Hall–Kier alpha value is -0.590. The van der Waals surface area contributed by atoms with Crippen molar-refractivity contribution in [1.29, 1.82) is 5.26 Å². The lowest BCUT2D eigenvalue weighted by atomic mass is 10.0. The van der Waals surface area contributed by atoms with Crippen molar-refractivity contribution in [2.75, 3.05) is 7.05 Å². The zero-order valence-electron chi connectivity index (χ0n) is 9.82. The minimum absolute atomic E-state index is 0.210. The molecule has 1 aliphatic carbocycles. The van der Waals surface area contributed by atoms with Gasteiger partial charge in [-0.3, -0.25) is 4.90 Å². The molecule has 0 heterocycles. The molecule has 86 valence electrons. The van der Waals surface area contributed by atoms with Crippen molar-refractivity contribution in [3.8, 4) is 6.07 Å². The van der Waals surface area contributed by atoms with Crippen molar-refractivity contribution in [3.63, 3.8) is 0 Å². The van der Waals surface area contributed by atoms with Gasteiger partial charge < -0.3 is 5.11 Å². The SMILES string of the molecule is CC(CC#N)N(C)C1CCCCCC1O. The molecule has 0 bridgehead atoms. The van der Waals surface area contributed by atoms with Crippen LogP contribution in [0.3, 0.4) is 0 Å². The second-order valence-electron chi connectivity index (χ2n) is 4.65. The van der Waals surface area contributed by atoms with Gasteiger partial charge in [-0.1, -0.05) is 19.3 Å². The summed E-state index contributed by atoms with van der Waals surface area (Å²) >= 11 is 0. The van der Waals surface area contributed by atoms with Crippen LogP contribution in [0.1, 0.15) is 45.4 Å². The Morgan fingerprint density at radius 2 is 2.07 bits per heavy atom. The van der Waals surface area contributed by atoms with E-state index in [0.717, 1.165) is 19.3 Å². The molecule has 3 nitrogen and oxygen atoms in total. The maximum atomic E-state index is 10.0. The van der Waals surface area contributed by atoms with E-state index in [2.05, 4.69) is 17.9 Å². The van der Waals surface area contributed by atoms with Crippen molar-refractivity contribution in [2.24, 2.45) is 0 Å². The van der Waals surface area contributed by atoms with Crippen molar-refractivity contribution in [3.05, 3.63) is 0 Å². The summed E-state index contributed by atoms with van der Waals surface area (Å²) in [6.45, 7) is 2.06. The summed E-state index contributed by atoms with van der Waals surface area (Å²) in [4.78, 5) is 2.18. The Balaban J connectivity index is 2.55. The molecule has 0 aromatic rings. The van der Waals surface area contributed by atoms with Gasteiger partial charge in [-0.25, -0.2) is 0 Å². The first-order valence-electron chi connectivity index (χ1n) is 5.93. The summed E-state index contributed by atoms with van der Waals surface area (Å²) in [5.74, 6) is 0. The number of aliphatic hydroxyl groups is 1. The van der Waals surface area contributed by atoms with Gasteiger partial charge in [0, 0.05) is 12.1 Å². The van der Waals surface area contributed by atoms with Crippen LogP contribution in [-0.4, -0.2) is 35.2 Å². The minimum Gasteiger partial charge on any atom is -0.391 e. The van der Waals surface area contributed by atoms with E-state index in [9.17, 15) is 5.11 Å². The zero-order valence-corrected chi connectivity index (χ0v) is 9.82. The maximum absolute atomic E-state index is 10.0. The third-order valence-corrected chi connectivity index (χ3v) is 3.55. The Kier molecular flexibility index (Phi) is 5.07. The van der Waals surface area contributed by atoms with Gasteiger partial charge in [0.25, 0.3) is 0 Å². The predicted molar refractivity (Wildman–Crippen MR) is 60.3 cm³/mol. The van der Waals surface area contributed by atoms with E-state index in [1.54, 1.807) is 0 Å². The number of likely N-dealkylation sites (N-methyl/N-ethyl adjacent to an activating group) is 1. The Morgan fingerprint density at radius 3 is 2.73 bits per heavy atom. The van der Waals surface area contributed by atoms with Gasteiger partial charge in [-0.15, -0.1) is 0 Å². The first-order chi connectivity index (χ1) is 7.16. The molecule has 1 saturated carbocycles.